The minimum Gasteiger partial charge on any atom is -0.393 e. The Morgan fingerprint density at radius 1 is 1.47 bits per heavy atom. The highest BCUT2D eigenvalue weighted by Crippen LogP contribution is 2.25. The second-order valence-corrected chi connectivity index (χ2v) is 4.32. The first-order valence-corrected chi connectivity index (χ1v) is 5.63. The van der Waals surface area contributed by atoms with Crippen LogP contribution in [0.2, 0.25) is 0 Å². The summed E-state index contributed by atoms with van der Waals surface area (Å²) >= 11 is 0. The van der Waals surface area contributed by atoms with Gasteiger partial charge in [0.05, 0.1) is 12.3 Å². The maximum atomic E-state index is 9.38. The first-order valence-electron chi connectivity index (χ1n) is 5.63. The molecule has 0 saturated carbocycles. The Kier molecular flexibility index (Phi) is 3.15. The zero-order valence-corrected chi connectivity index (χ0v) is 10.1. The fourth-order valence-electron chi connectivity index (χ4n) is 1.88. The molecule has 1 atom stereocenters. The fourth-order valence-corrected chi connectivity index (χ4v) is 1.88. The van der Waals surface area contributed by atoms with Crippen LogP contribution < -0.4 is 5.73 Å². The normalized spacial score (nSPS) is 12.6. The number of aromatic nitrogens is 2. The number of nitrogens with zero attached hydrogens (tertiary/aromatic N) is 2. The number of nitrogens with two attached hydrogens (primary N) is 1. The monoisotopic (exact) mass is 231 g/mol. The molecule has 1 unspecified atom stereocenters. The lowest BCUT2D eigenvalue weighted by Crippen LogP contribution is -2.04. The number of rotatable bonds is 3. The SMILES string of the molecule is CC(O)Cc1cccc(-c2cnn(C)c2N)c1. The van der Waals surface area contributed by atoms with Crippen LogP contribution >= 0.6 is 0 Å². The molecule has 1 heterocycles. The Hall–Kier alpha value is -1.81. The first-order chi connectivity index (χ1) is 8.08. The van der Waals surface area contributed by atoms with Crippen LogP contribution in [0.1, 0.15) is 12.5 Å². The van der Waals surface area contributed by atoms with Crippen molar-refractivity contribution in [3.8, 4) is 11.1 Å². The molecule has 0 radical (unpaired) electrons. The van der Waals surface area contributed by atoms with E-state index in [0.717, 1.165) is 16.7 Å². The average Bonchev–Trinajstić information content (AvgIpc) is 2.59. The van der Waals surface area contributed by atoms with E-state index >= 15 is 0 Å². The van der Waals surface area contributed by atoms with Gasteiger partial charge < -0.3 is 10.8 Å². The smallest absolute Gasteiger partial charge is 0.129 e. The highest BCUT2D eigenvalue weighted by atomic mass is 16.3. The van der Waals surface area contributed by atoms with Crippen LogP contribution in [-0.4, -0.2) is 21.0 Å². The molecule has 3 N–H and O–H groups in total. The summed E-state index contributed by atoms with van der Waals surface area (Å²) in [6.07, 6.45) is 2.07. The second-order valence-electron chi connectivity index (χ2n) is 4.32. The Bertz CT molecular complexity index is 517. The molecule has 0 fully saturated rings. The summed E-state index contributed by atoms with van der Waals surface area (Å²) in [6, 6.07) is 8.02. The van der Waals surface area contributed by atoms with Gasteiger partial charge >= 0.3 is 0 Å². The number of aliphatic hydroxyl groups excluding tert-OH is 1. The highest BCUT2D eigenvalue weighted by molar-refractivity contribution is 5.73. The summed E-state index contributed by atoms with van der Waals surface area (Å²) in [5.41, 5.74) is 9.00. The number of nitrogen functional groups attached to an aromatic ring is 1. The molecule has 1 aromatic carbocycles. The predicted molar refractivity (Wildman–Crippen MR) is 68.4 cm³/mol. The van der Waals surface area contributed by atoms with Crippen molar-refractivity contribution >= 4 is 5.82 Å². The molecule has 0 bridgehead atoms. The van der Waals surface area contributed by atoms with Crippen LogP contribution in [0.4, 0.5) is 5.82 Å². The van der Waals surface area contributed by atoms with E-state index in [9.17, 15) is 5.11 Å². The van der Waals surface area contributed by atoms with E-state index in [1.54, 1.807) is 17.8 Å². The van der Waals surface area contributed by atoms with Gasteiger partial charge in [-0.25, -0.2) is 0 Å². The number of benzene rings is 1. The standard InChI is InChI=1S/C13H17N3O/c1-9(17)6-10-4-3-5-11(7-10)12-8-15-16(2)13(12)14/h3-5,7-9,17H,6,14H2,1-2H3. The minimum absolute atomic E-state index is 0.337. The predicted octanol–water partition coefficient (Wildman–Crippen LogP) is 1.59. The maximum Gasteiger partial charge on any atom is 0.129 e. The van der Waals surface area contributed by atoms with E-state index in [4.69, 9.17) is 5.73 Å². The molecule has 0 aliphatic rings. The Morgan fingerprint density at radius 2 is 2.24 bits per heavy atom. The van der Waals surface area contributed by atoms with Gasteiger partial charge in [0, 0.05) is 12.6 Å². The van der Waals surface area contributed by atoms with Gasteiger partial charge in [0.25, 0.3) is 0 Å². The number of anilines is 1. The largest absolute Gasteiger partial charge is 0.393 e. The van der Waals surface area contributed by atoms with Crippen LogP contribution in [0.25, 0.3) is 11.1 Å². The summed E-state index contributed by atoms with van der Waals surface area (Å²) < 4.78 is 1.65. The van der Waals surface area contributed by atoms with E-state index in [0.29, 0.717) is 12.2 Å². The van der Waals surface area contributed by atoms with E-state index in [2.05, 4.69) is 5.10 Å². The third-order valence-corrected chi connectivity index (χ3v) is 2.75. The third-order valence-electron chi connectivity index (χ3n) is 2.75. The van der Waals surface area contributed by atoms with E-state index in [1.165, 1.54) is 0 Å². The number of hydrogen-bond donors (Lipinski definition) is 2. The lowest BCUT2D eigenvalue weighted by Gasteiger charge is -2.07. The summed E-state index contributed by atoms with van der Waals surface area (Å²) in [6.45, 7) is 1.78. The molecular weight excluding hydrogens is 214 g/mol. The molecule has 0 saturated heterocycles. The molecule has 90 valence electrons. The van der Waals surface area contributed by atoms with Crippen molar-refractivity contribution in [2.24, 2.45) is 7.05 Å². The van der Waals surface area contributed by atoms with Crippen molar-refractivity contribution in [2.75, 3.05) is 5.73 Å². The lowest BCUT2D eigenvalue weighted by molar-refractivity contribution is 0.195. The molecule has 4 heteroatoms. The molecule has 0 aliphatic carbocycles. The van der Waals surface area contributed by atoms with Crippen molar-refractivity contribution in [3.05, 3.63) is 36.0 Å². The van der Waals surface area contributed by atoms with Crippen LogP contribution in [0, 0.1) is 0 Å². The van der Waals surface area contributed by atoms with Crippen molar-refractivity contribution < 1.29 is 5.11 Å². The quantitative estimate of drug-likeness (QED) is 0.843. The summed E-state index contributed by atoms with van der Waals surface area (Å²) in [7, 11) is 1.82. The van der Waals surface area contributed by atoms with E-state index < -0.39 is 0 Å². The maximum absolute atomic E-state index is 9.38. The van der Waals surface area contributed by atoms with Crippen LogP contribution in [-0.2, 0) is 13.5 Å². The topological polar surface area (TPSA) is 64.1 Å². The second kappa shape index (κ2) is 4.59. The minimum atomic E-state index is -0.337. The summed E-state index contributed by atoms with van der Waals surface area (Å²) in [5.74, 6) is 0.652. The molecular formula is C13H17N3O. The molecule has 17 heavy (non-hydrogen) atoms. The zero-order valence-electron chi connectivity index (χ0n) is 10.1. The molecule has 0 aliphatic heterocycles. The van der Waals surface area contributed by atoms with Gasteiger partial charge in [0.1, 0.15) is 5.82 Å². The van der Waals surface area contributed by atoms with Crippen molar-refractivity contribution in [2.45, 2.75) is 19.4 Å². The third kappa shape index (κ3) is 2.47. The molecule has 0 amide bonds. The molecule has 2 aromatic rings. The van der Waals surface area contributed by atoms with E-state index in [1.807, 2.05) is 31.3 Å². The molecule has 1 aromatic heterocycles. The van der Waals surface area contributed by atoms with Crippen molar-refractivity contribution in [3.63, 3.8) is 0 Å². The van der Waals surface area contributed by atoms with Crippen molar-refractivity contribution in [1.29, 1.82) is 0 Å². The van der Waals surface area contributed by atoms with Crippen molar-refractivity contribution in [1.82, 2.24) is 9.78 Å². The molecule has 0 spiro atoms. The van der Waals surface area contributed by atoms with Crippen LogP contribution in [0.5, 0.6) is 0 Å². The Labute approximate surface area is 101 Å². The number of hydrogen-bond acceptors (Lipinski definition) is 3. The summed E-state index contributed by atoms with van der Waals surface area (Å²) in [5, 5.41) is 13.5. The molecule has 4 nitrogen and oxygen atoms in total. The van der Waals surface area contributed by atoms with E-state index in [-0.39, 0.29) is 6.10 Å². The van der Waals surface area contributed by atoms with Gasteiger partial charge in [-0.15, -0.1) is 0 Å². The van der Waals surface area contributed by atoms with Gasteiger partial charge in [0.2, 0.25) is 0 Å². The lowest BCUT2D eigenvalue weighted by atomic mass is 10.0. The number of aliphatic hydroxyl groups is 1. The summed E-state index contributed by atoms with van der Waals surface area (Å²) in [4.78, 5) is 0. The van der Waals surface area contributed by atoms with Crippen LogP contribution in [0.3, 0.4) is 0 Å². The first kappa shape index (κ1) is 11.7. The fraction of sp³-hybridized carbons (Fsp3) is 0.308. The van der Waals surface area contributed by atoms with Crippen LogP contribution in [0.15, 0.2) is 30.5 Å². The van der Waals surface area contributed by atoms with Gasteiger partial charge in [-0.05, 0) is 24.5 Å². The Morgan fingerprint density at radius 3 is 2.82 bits per heavy atom. The van der Waals surface area contributed by atoms with Gasteiger partial charge in [-0.3, -0.25) is 4.68 Å². The average molecular weight is 231 g/mol. The molecule has 2 rings (SSSR count). The van der Waals surface area contributed by atoms with Gasteiger partial charge in [-0.1, -0.05) is 24.3 Å². The highest BCUT2D eigenvalue weighted by Gasteiger charge is 2.08. The number of aryl methyl sites for hydroxylation is 1. The Balaban J connectivity index is 2.36. The zero-order chi connectivity index (χ0) is 12.4. The van der Waals surface area contributed by atoms with Gasteiger partial charge in [-0.2, -0.15) is 5.10 Å². The van der Waals surface area contributed by atoms with Gasteiger partial charge in [0.15, 0.2) is 0 Å².